The number of carbonyl (C=O) groups excluding carboxylic acids is 1. The van der Waals surface area contributed by atoms with Crippen LogP contribution >= 0.6 is 0 Å². The molecule has 196 valence electrons. The highest BCUT2D eigenvalue weighted by Crippen LogP contribution is 2.37. The molecule has 0 saturated heterocycles. The number of nitrogen functional groups attached to an aromatic ring is 1. The molecule has 0 aliphatic carbocycles. The summed E-state index contributed by atoms with van der Waals surface area (Å²) in [7, 11) is 2.34. The lowest BCUT2D eigenvalue weighted by Gasteiger charge is -2.34. The van der Waals surface area contributed by atoms with E-state index in [4.69, 9.17) is 10.5 Å². The highest BCUT2D eigenvalue weighted by Gasteiger charge is 2.38. The molecule has 0 radical (unpaired) electrons. The number of imidazole rings is 1. The number of ether oxygens (including phenoxy) is 1. The highest BCUT2D eigenvalue weighted by atomic mass is 19.4. The van der Waals surface area contributed by atoms with Gasteiger partial charge in [-0.15, -0.1) is 0 Å². The van der Waals surface area contributed by atoms with Crippen LogP contribution in [-0.4, -0.2) is 48.0 Å². The van der Waals surface area contributed by atoms with E-state index < -0.39 is 17.8 Å². The molecule has 1 aliphatic rings. The molecule has 1 aliphatic heterocycles. The second kappa shape index (κ2) is 8.76. The van der Waals surface area contributed by atoms with E-state index in [2.05, 4.69) is 33.4 Å². The third-order valence-electron chi connectivity index (χ3n) is 6.59. The molecular formula is C25H21F4N7O2. The van der Waals surface area contributed by atoms with Gasteiger partial charge in [-0.05, 0) is 13.0 Å². The first-order chi connectivity index (χ1) is 18.0. The van der Waals surface area contributed by atoms with Crippen LogP contribution < -0.4 is 10.5 Å². The Morgan fingerprint density at radius 1 is 1.29 bits per heavy atom. The number of rotatable bonds is 2. The molecule has 38 heavy (non-hydrogen) atoms. The van der Waals surface area contributed by atoms with Gasteiger partial charge in [-0.25, -0.2) is 19.3 Å². The zero-order valence-corrected chi connectivity index (χ0v) is 20.5. The van der Waals surface area contributed by atoms with Crippen molar-refractivity contribution in [3.05, 3.63) is 53.5 Å². The Bertz CT molecular complexity index is 1710. The van der Waals surface area contributed by atoms with Gasteiger partial charge in [0, 0.05) is 25.7 Å². The lowest BCUT2D eigenvalue weighted by atomic mass is 10.1. The number of anilines is 1. The van der Waals surface area contributed by atoms with Gasteiger partial charge in [0.05, 0.1) is 35.8 Å². The van der Waals surface area contributed by atoms with Gasteiger partial charge in [-0.1, -0.05) is 18.4 Å². The Balaban J connectivity index is 1.74. The zero-order valence-electron chi connectivity index (χ0n) is 20.5. The fourth-order valence-electron chi connectivity index (χ4n) is 4.79. The number of alkyl halides is 3. The normalized spacial score (nSPS) is 15.3. The predicted molar refractivity (Wildman–Crippen MR) is 130 cm³/mol. The van der Waals surface area contributed by atoms with E-state index in [0.29, 0.717) is 28.8 Å². The Kier molecular flexibility index (Phi) is 5.78. The third-order valence-corrected chi connectivity index (χ3v) is 6.59. The molecule has 1 unspecified atom stereocenters. The molecule has 0 saturated carbocycles. The molecule has 4 heterocycles. The smallest absolute Gasteiger partial charge is 0.449 e. The molecule has 5 rings (SSSR count). The summed E-state index contributed by atoms with van der Waals surface area (Å²) in [4.78, 5) is 26.1. The van der Waals surface area contributed by atoms with Crippen molar-refractivity contribution >= 4 is 33.8 Å². The number of hydrogen-bond donors (Lipinski definition) is 1. The fraction of sp³-hybridized carbons (Fsp3) is 0.280. The number of hydrogen-bond acceptors (Lipinski definition) is 6. The number of carbonyl (C=O) groups is 1. The van der Waals surface area contributed by atoms with Crippen LogP contribution in [0.15, 0.2) is 25.0 Å². The number of aromatic nitrogens is 5. The summed E-state index contributed by atoms with van der Waals surface area (Å²) in [6, 6.07) is 0.744. The van der Waals surface area contributed by atoms with Crippen LogP contribution in [0.25, 0.3) is 22.1 Å². The van der Waals surface area contributed by atoms with E-state index in [1.165, 1.54) is 19.5 Å². The fourth-order valence-corrected chi connectivity index (χ4v) is 4.79. The number of fused-ring (bicyclic) bond motifs is 4. The molecule has 4 aromatic rings. The second-order valence-electron chi connectivity index (χ2n) is 8.79. The van der Waals surface area contributed by atoms with Gasteiger partial charge < -0.3 is 24.5 Å². The van der Waals surface area contributed by atoms with Gasteiger partial charge in [-0.2, -0.15) is 13.2 Å². The van der Waals surface area contributed by atoms with Gasteiger partial charge in [0.1, 0.15) is 34.7 Å². The second-order valence-corrected chi connectivity index (χ2v) is 8.79. The average Bonchev–Trinajstić information content (AvgIpc) is 3.36. The Morgan fingerprint density at radius 3 is 2.66 bits per heavy atom. The Hall–Kier alpha value is -4.60. The molecule has 1 amide bonds. The SMILES string of the molecule is C=CC(=O)N1Cc2c(C#Cc3c(F)cc4c(nc(C(F)(F)F)n4C)c3OC)c3c(N)ncnc3n2CC1C. The van der Waals surface area contributed by atoms with Crippen LogP contribution in [-0.2, 0) is 31.1 Å². The van der Waals surface area contributed by atoms with Crippen molar-refractivity contribution < 1.29 is 27.1 Å². The minimum atomic E-state index is -4.75. The molecule has 13 heteroatoms. The number of halogens is 4. The first-order valence-corrected chi connectivity index (χ1v) is 11.3. The minimum Gasteiger partial charge on any atom is -0.493 e. The van der Waals surface area contributed by atoms with E-state index in [9.17, 15) is 18.0 Å². The summed E-state index contributed by atoms with van der Waals surface area (Å²) < 4.78 is 63.5. The van der Waals surface area contributed by atoms with Crippen molar-refractivity contribution in [2.24, 2.45) is 7.05 Å². The number of aryl methyl sites for hydroxylation is 1. The van der Waals surface area contributed by atoms with Crippen molar-refractivity contribution in [2.75, 3.05) is 12.8 Å². The summed E-state index contributed by atoms with van der Waals surface area (Å²) in [6.07, 6.45) is -2.23. The summed E-state index contributed by atoms with van der Waals surface area (Å²) in [5.41, 5.74) is 7.07. The third kappa shape index (κ3) is 3.71. The first kappa shape index (κ1) is 25.1. The maximum absolute atomic E-state index is 15.3. The molecule has 0 bridgehead atoms. The summed E-state index contributed by atoms with van der Waals surface area (Å²) >= 11 is 0. The quantitative estimate of drug-likeness (QED) is 0.244. The average molecular weight is 527 g/mol. The topological polar surface area (TPSA) is 104 Å². The molecule has 1 aromatic carbocycles. The monoisotopic (exact) mass is 527 g/mol. The van der Waals surface area contributed by atoms with Gasteiger partial charge in [0.15, 0.2) is 5.75 Å². The number of methoxy groups -OCH3 is 1. The van der Waals surface area contributed by atoms with Crippen LogP contribution in [0.2, 0.25) is 0 Å². The summed E-state index contributed by atoms with van der Waals surface area (Å²) in [5, 5.41) is 0.424. The highest BCUT2D eigenvalue weighted by molar-refractivity contribution is 5.95. The van der Waals surface area contributed by atoms with Crippen molar-refractivity contribution in [3.8, 4) is 17.6 Å². The number of nitrogens with two attached hydrogens (primary N) is 1. The molecule has 9 nitrogen and oxygen atoms in total. The maximum Gasteiger partial charge on any atom is 0.449 e. The Labute approximate surface area is 213 Å². The van der Waals surface area contributed by atoms with Gasteiger partial charge in [0.25, 0.3) is 0 Å². The standard InChI is InChI=1S/C25H21F4N7O2/c1-5-18(37)35-10-17-14(19-22(30)31-11-32-23(19)36(17)9-12(35)2)7-6-13-15(26)8-16-20(21(13)38-4)33-24(34(16)3)25(27,28)29/h5,8,11-12H,1,9-10H2,2-4H3,(H2,30,31,32). The number of amides is 1. The van der Waals surface area contributed by atoms with Crippen LogP contribution in [0.5, 0.6) is 5.75 Å². The van der Waals surface area contributed by atoms with Crippen LogP contribution in [0.1, 0.15) is 29.6 Å². The first-order valence-electron chi connectivity index (χ1n) is 11.3. The maximum atomic E-state index is 15.3. The van der Waals surface area contributed by atoms with E-state index in [1.54, 1.807) is 4.90 Å². The number of benzene rings is 1. The molecule has 0 spiro atoms. The van der Waals surface area contributed by atoms with Crippen LogP contribution in [0.4, 0.5) is 23.4 Å². The van der Waals surface area contributed by atoms with Crippen molar-refractivity contribution in [3.63, 3.8) is 0 Å². The van der Waals surface area contributed by atoms with Crippen molar-refractivity contribution in [1.29, 1.82) is 0 Å². The molecule has 0 fully saturated rings. The molecule has 3 aromatic heterocycles. The summed E-state index contributed by atoms with van der Waals surface area (Å²) in [5.74, 6) is 3.14. The lowest BCUT2D eigenvalue weighted by Crippen LogP contribution is -2.44. The minimum absolute atomic E-state index is 0.103. The largest absolute Gasteiger partial charge is 0.493 e. The van der Waals surface area contributed by atoms with Crippen molar-refractivity contribution in [2.45, 2.75) is 32.2 Å². The molecular weight excluding hydrogens is 506 g/mol. The molecule has 1 atom stereocenters. The van der Waals surface area contributed by atoms with Gasteiger partial charge in [-0.3, -0.25) is 4.79 Å². The van der Waals surface area contributed by atoms with E-state index in [0.717, 1.165) is 17.7 Å². The van der Waals surface area contributed by atoms with E-state index in [1.807, 2.05) is 11.5 Å². The summed E-state index contributed by atoms with van der Waals surface area (Å²) in [6.45, 7) is 5.98. The van der Waals surface area contributed by atoms with E-state index >= 15 is 4.39 Å². The van der Waals surface area contributed by atoms with Crippen LogP contribution in [0.3, 0.4) is 0 Å². The van der Waals surface area contributed by atoms with Gasteiger partial charge >= 0.3 is 6.18 Å². The van der Waals surface area contributed by atoms with Crippen LogP contribution in [0, 0.1) is 17.7 Å². The Morgan fingerprint density at radius 2 is 2.00 bits per heavy atom. The van der Waals surface area contributed by atoms with E-state index in [-0.39, 0.29) is 46.7 Å². The predicted octanol–water partition coefficient (Wildman–Crippen LogP) is 3.38. The molecule has 2 N–H and O–H groups in total. The zero-order chi connectivity index (χ0) is 27.5. The van der Waals surface area contributed by atoms with Crippen molar-refractivity contribution in [1.82, 2.24) is 29.0 Å². The number of nitrogens with zero attached hydrogens (tertiary/aromatic N) is 6. The van der Waals surface area contributed by atoms with Gasteiger partial charge in [0.2, 0.25) is 11.7 Å². The lowest BCUT2D eigenvalue weighted by molar-refractivity contribution is -0.146.